The van der Waals surface area contributed by atoms with Crippen LogP contribution in [0, 0.1) is 0 Å². The van der Waals surface area contributed by atoms with E-state index in [1.807, 2.05) is 10.8 Å². The molecule has 0 saturated carbocycles. The van der Waals surface area contributed by atoms with E-state index in [4.69, 9.17) is 13.6 Å². The fourth-order valence-corrected chi connectivity index (χ4v) is 5.44. The molecule has 6 rings (SSSR count). The highest BCUT2D eigenvalue weighted by atomic mass is 32.2. The van der Waals surface area contributed by atoms with E-state index in [2.05, 4.69) is 10.1 Å². The van der Waals surface area contributed by atoms with Gasteiger partial charge < -0.3 is 13.6 Å². The maximum absolute atomic E-state index is 13.5. The van der Waals surface area contributed by atoms with Gasteiger partial charge in [0.1, 0.15) is 22.9 Å². The van der Waals surface area contributed by atoms with E-state index in [1.54, 1.807) is 73.8 Å². The Labute approximate surface area is 238 Å². The first-order valence-electron chi connectivity index (χ1n) is 12.6. The molecule has 0 radical (unpaired) electrons. The molecule has 210 valence electrons. The molecule has 6 aromatic rings. The predicted octanol–water partition coefficient (Wildman–Crippen LogP) is 4.79. The van der Waals surface area contributed by atoms with Crippen molar-refractivity contribution >= 4 is 44.0 Å². The third kappa shape index (κ3) is 4.95. The molecule has 0 aliphatic carbocycles. The maximum atomic E-state index is 13.5. The van der Waals surface area contributed by atoms with Gasteiger partial charge in [0.25, 0.3) is 15.6 Å². The van der Waals surface area contributed by atoms with Crippen molar-refractivity contribution < 1.29 is 26.8 Å². The van der Waals surface area contributed by atoms with Crippen molar-refractivity contribution in [3.8, 4) is 28.7 Å². The van der Waals surface area contributed by atoms with Crippen LogP contribution in [0.1, 0.15) is 12.7 Å². The summed E-state index contributed by atoms with van der Waals surface area (Å²) in [5.41, 5.74) is 1.24. The Morgan fingerprint density at radius 2 is 1.74 bits per heavy atom. The zero-order chi connectivity index (χ0) is 29.4. The number of methoxy groups -OCH3 is 1. The number of hydrogen-bond acceptors (Lipinski definition) is 9. The second kappa shape index (κ2) is 10.5. The zero-order valence-electron chi connectivity index (χ0n) is 22.3. The number of amides is 1. The fraction of sp³-hybridized carbons (Fsp3) is 0.0667. The molecule has 11 nitrogen and oxygen atoms in total. The molecule has 12 heteroatoms. The van der Waals surface area contributed by atoms with Crippen LogP contribution in [0.3, 0.4) is 0 Å². The second-order valence-electron chi connectivity index (χ2n) is 9.18. The Kier molecular flexibility index (Phi) is 6.67. The molecule has 0 aliphatic heterocycles. The monoisotopic (exact) mass is 582 g/mol. The highest BCUT2D eigenvalue weighted by molar-refractivity contribution is 7.90. The average molecular weight is 583 g/mol. The molecule has 3 heterocycles. The number of rotatable bonds is 7. The van der Waals surface area contributed by atoms with Gasteiger partial charge in [-0.05, 0) is 66.7 Å². The highest BCUT2D eigenvalue weighted by Crippen LogP contribution is 2.33. The fourth-order valence-electron chi connectivity index (χ4n) is 4.45. The molecular weight excluding hydrogens is 560 g/mol. The smallest absolute Gasteiger partial charge is 0.282 e. The summed E-state index contributed by atoms with van der Waals surface area (Å²) < 4.78 is 44.9. The number of nitrogens with zero attached hydrogens (tertiary/aromatic N) is 3. The van der Waals surface area contributed by atoms with Crippen LogP contribution in [-0.2, 0) is 14.8 Å². The van der Waals surface area contributed by atoms with E-state index in [9.17, 15) is 18.0 Å². The summed E-state index contributed by atoms with van der Waals surface area (Å²) in [6, 6.07) is 23.3. The van der Waals surface area contributed by atoms with Gasteiger partial charge in [0, 0.05) is 12.5 Å². The summed E-state index contributed by atoms with van der Waals surface area (Å²) in [6.45, 7) is 1.12. The number of hydrogen-bond donors (Lipinski definition) is 1. The summed E-state index contributed by atoms with van der Waals surface area (Å²) in [5.74, 6) is 1.22. The zero-order valence-corrected chi connectivity index (χ0v) is 23.1. The van der Waals surface area contributed by atoms with E-state index in [0.717, 1.165) is 17.0 Å². The quantitative estimate of drug-likeness (QED) is 0.265. The van der Waals surface area contributed by atoms with Gasteiger partial charge >= 0.3 is 0 Å². The van der Waals surface area contributed by atoms with Crippen LogP contribution in [-0.4, -0.2) is 37.3 Å². The first-order valence-corrected chi connectivity index (χ1v) is 14.1. The van der Waals surface area contributed by atoms with E-state index in [-0.39, 0.29) is 10.7 Å². The molecule has 0 spiro atoms. The normalized spacial score (nSPS) is 11.9. The van der Waals surface area contributed by atoms with E-state index < -0.39 is 21.5 Å². The minimum absolute atomic E-state index is 0.0614. The van der Waals surface area contributed by atoms with Gasteiger partial charge in [-0.3, -0.25) is 9.59 Å². The van der Waals surface area contributed by atoms with Crippen LogP contribution in [0.4, 0.5) is 0 Å². The van der Waals surface area contributed by atoms with Crippen molar-refractivity contribution in [1.29, 1.82) is 0 Å². The van der Waals surface area contributed by atoms with Crippen LogP contribution < -0.4 is 15.0 Å². The van der Waals surface area contributed by atoms with Crippen LogP contribution in [0.25, 0.3) is 44.8 Å². The lowest BCUT2D eigenvalue weighted by atomic mass is 10.2. The molecule has 42 heavy (non-hydrogen) atoms. The van der Waals surface area contributed by atoms with Crippen LogP contribution in [0.15, 0.2) is 109 Å². The molecule has 0 saturated heterocycles. The van der Waals surface area contributed by atoms with Crippen molar-refractivity contribution in [2.45, 2.75) is 11.8 Å². The van der Waals surface area contributed by atoms with E-state index >= 15 is 0 Å². The van der Waals surface area contributed by atoms with Crippen molar-refractivity contribution in [3.63, 3.8) is 0 Å². The number of fused-ring (bicyclic) bond motifs is 2. The molecule has 1 N–H and O–H groups in total. The van der Waals surface area contributed by atoms with Crippen LogP contribution in [0.5, 0.6) is 5.75 Å². The van der Waals surface area contributed by atoms with Gasteiger partial charge in [0.05, 0.1) is 34.5 Å². The van der Waals surface area contributed by atoms with Crippen molar-refractivity contribution in [2.75, 3.05) is 7.11 Å². The number of ether oxygens (including phenoxy) is 1. The predicted molar refractivity (Wildman–Crippen MR) is 156 cm³/mol. The molecule has 3 aromatic carbocycles. The molecule has 0 fully saturated rings. The number of sulfonamides is 1. The summed E-state index contributed by atoms with van der Waals surface area (Å²) >= 11 is 0. The number of carbonyl (C=O) groups is 1. The molecule has 0 atom stereocenters. The number of aromatic nitrogens is 2. The van der Waals surface area contributed by atoms with Gasteiger partial charge in [-0.2, -0.15) is 9.78 Å². The third-order valence-corrected chi connectivity index (χ3v) is 7.82. The molecular formula is C30H22N4O7S. The van der Waals surface area contributed by atoms with Crippen molar-refractivity contribution in [1.82, 2.24) is 14.4 Å². The van der Waals surface area contributed by atoms with Gasteiger partial charge in [-0.15, -0.1) is 0 Å². The second-order valence-corrected chi connectivity index (χ2v) is 10.9. The van der Waals surface area contributed by atoms with Gasteiger partial charge in [-0.25, -0.2) is 18.1 Å². The van der Waals surface area contributed by atoms with Crippen molar-refractivity contribution in [2.24, 2.45) is 5.10 Å². The Morgan fingerprint density at radius 1 is 0.952 bits per heavy atom. The average Bonchev–Trinajstić information content (AvgIpc) is 3.63. The Balaban J connectivity index is 1.37. The minimum atomic E-state index is -3.96. The standard InChI is InChI=1S/C30H22N4O7S/c1-18(35)33-42(37,38)21-13-10-19(11-14-21)25-15-12-20(40-25)17-31-34-29(32-24-7-4-3-6-22(24)30(34)36)28-16-23-26(39-2)8-5-9-27(23)41-28/h3-17H,1-2H3,(H,33,35). The molecule has 1 amide bonds. The molecule has 0 aliphatic rings. The van der Waals surface area contributed by atoms with E-state index in [1.165, 1.54) is 18.3 Å². The Morgan fingerprint density at radius 3 is 2.50 bits per heavy atom. The molecule has 0 unspecified atom stereocenters. The third-order valence-electron chi connectivity index (χ3n) is 6.37. The van der Waals surface area contributed by atoms with Gasteiger partial charge in [0.15, 0.2) is 5.76 Å². The number of para-hydroxylation sites is 1. The molecule has 3 aromatic heterocycles. The molecule has 0 bridgehead atoms. The topological polar surface area (TPSA) is 146 Å². The Hall–Kier alpha value is -5.49. The summed E-state index contributed by atoms with van der Waals surface area (Å²) in [6.07, 6.45) is 1.38. The summed E-state index contributed by atoms with van der Waals surface area (Å²) in [4.78, 5) is 29.3. The minimum Gasteiger partial charge on any atom is -0.496 e. The first-order chi connectivity index (χ1) is 20.2. The SMILES string of the molecule is COc1cccc2oc(-c3nc4ccccc4c(=O)n3N=Cc3ccc(-c4ccc(S(=O)(=O)NC(C)=O)cc4)o3)cc12. The van der Waals surface area contributed by atoms with Crippen LogP contribution >= 0.6 is 0 Å². The highest BCUT2D eigenvalue weighted by Gasteiger charge is 2.19. The lowest BCUT2D eigenvalue weighted by Gasteiger charge is -2.07. The first kappa shape index (κ1) is 26.7. The number of carbonyl (C=O) groups excluding carboxylic acids is 1. The number of furan rings is 2. The van der Waals surface area contributed by atoms with Gasteiger partial charge in [0.2, 0.25) is 11.7 Å². The largest absolute Gasteiger partial charge is 0.496 e. The van der Waals surface area contributed by atoms with E-state index in [0.29, 0.717) is 45.1 Å². The number of benzene rings is 3. The number of nitrogens with one attached hydrogen (secondary N) is 1. The van der Waals surface area contributed by atoms with Crippen LogP contribution in [0.2, 0.25) is 0 Å². The summed E-state index contributed by atoms with van der Waals surface area (Å²) in [7, 11) is -2.39. The lowest BCUT2D eigenvalue weighted by Crippen LogP contribution is -2.28. The van der Waals surface area contributed by atoms with Crippen molar-refractivity contribution in [3.05, 3.63) is 101 Å². The lowest BCUT2D eigenvalue weighted by molar-refractivity contribution is -0.117. The Bertz CT molecular complexity index is 2180. The maximum Gasteiger partial charge on any atom is 0.282 e. The van der Waals surface area contributed by atoms with Gasteiger partial charge in [-0.1, -0.05) is 18.2 Å². The summed E-state index contributed by atoms with van der Waals surface area (Å²) in [5, 5.41) is 5.51.